The molecule has 0 bridgehead atoms. The highest BCUT2D eigenvalue weighted by atomic mass is 32.1. The summed E-state index contributed by atoms with van der Waals surface area (Å²) in [6.45, 7) is 4.60. The number of aryl methyl sites for hydroxylation is 2. The van der Waals surface area contributed by atoms with Gasteiger partial charge in [0.15, 0.2) is 0 Å². The van der Waals surface area contributed by atoms with Crippen LogP contribution in [-0.4, -0.2) is 0 Å². The Kier molecular flexibility index (Phi) is 7.70. The van der Waals surface area contributed by atoms with Crippen LogP contribution < -0.4 is 0 Å². The first-order chi connectivity index (χ1) is 19.8. The first-order valence-corrected chi connectivity index (χ1v) is 18.4. The molecule has 0 amide bonds. The zero-order valence-corrected chi connectivity index (χ0v) is 26.7. The van der Waals surface area contributed by atoms with Crippen molar-refractivity contribution in [3.8, 4) is 19.5 Å². The predicted molar refractivity (Wildman–Crippen MR) is 186 cm³/mol. The van der Waals surface area contributed by atoms with Crippen molar-refractivity contribution in [3.63, 3.8) is 0 Å². The molecular weight excluding hydrogens is 561 g/mol. The fourth-order valence-corrected chi connectivity index (χ4v) is 11.3. The molecule has 7 aromatic rings. The summed E-state index contributed by atoms with van der Waals surface area (Å²) in [4.78, 5) is 5.98. The monoisotopic (exact) mass is 596 g/mol. The molecule has 0 saturated carbocycles. The number of hydrogen-bond donors (Lipinski definition) is 0. The minimum Gasteiger partial charge on any atom is -0.143 e. The Morgan fingerprint density at radius 1 is 0.475 bits per heavy atom. The number of thiophene rings is 4. The third-order valence-corrected chi connectivity index (χ3v) is 13.0. The number of unbranched alkanes of at least 4 members (excludes halogenated alkanes) is 6. The van der Waals surface area contributed by atoms with Crippen LogP contribution in [0.25, 0.3) is 61.2 Å². The average Bonchev–Trinajstić information content (AvgIpc) is 3.77. The van der Waals surface area contributed by atoms with E-state index < -0.39 is 0 Å². The van der Waals surface area contributed by atoms with Crippen molar-refractivity contribution < 1.29 is 0 Å². The summed E-state index contributed by atoms with van der Waals surface area (Å²) in [7, 11) is 0. The van der Waals surface area contributed by atoms with Crippen molar-refractivity contribution in [3.05, 3.63) is 70.4 Å². The van der Waals surface area contributed by atoms with Gasteiger partial charge in [0, 0.05) is 40.7 Å². The predicted octanol–water partition coefficient (Wildman–Crippen LogP) is 13.6. The summed E-state index contributed by atoms with van der Waals surface area (Å²) in [6.07, 6.45) is 12.9. The SMILES string of the molecule is CCCCCCc1ccsc1-c1sc2cccc3c4c(-c5sccc5CCCCCC)sc5cccc(c1c23)c54. The minimum absolute atomic E-state index is 1.19. The van der Waals surface area contributed by atoms with Crippen molar-refractivity contribution in [2.24, 2.45) is 0 Å². The van der Waals surface area contributed by atoms with Crippen molar-refractivity contribution in [2.75, 3.05) is 0 Å². The Hall–Kier alpha value is -2.24. The molecule has 0 spiro atoms. The van der Waals surface area contributed by atoms with Gasteiger partial charge in [-0.25, -0.2) is 0 Å². The van der Waals surface area contributed by atoms with Crippen LogP contribution in [0, 0.1) is 0 Å². The van der Waals surface area contributed by atoms with Crippen molar-refractivity contribution in [2.45, 2.75) is 78.1 Å². The second-order valence-electron chi connectivity index (χ2n) is 11.1. The van der Waals surface area contributed by atoms with Gasteiger partial charge in [-0.2, -0.15) is 0 Å². The Bertz CT molecular complexity index is 1750. The second-order valence-corrected chi connectivity index (χ2v) is 15.1. The summed E-state index contributed by atoms with van der Waals surface area (Å²) < 4.78 is 2.86. The van der Waals surface area contributed by atoms with E-state index in [-0.39, 0.29) is 0 Å². The standard InChI is InChI=1S/C36H36S4/c1-3-5-7-9-13-23-19-21-37-33(23)35-31-25-15-11-18-28-30(25)32(26-16-12-17-27(39-35)29(26)31)36(40-28)34-24(20-22-38-34)14-10-8-6-4-2/h11-12,15-22H,3-10,13-14H2,1-2H3. The highest BCUT2D eigenvalue weighted by molar-refractivity contribution is 7.28. The Morgan fingerprint density at radius 2 is 0.950 bits per heavy atom. The Balaban J connectivity index is 1.43. The topological polar surface area (TPSA) is 0 Å². The zero-order valence-electron chi connectivity index (χ0n) is 23.5. The molecule has 0 aliphatic rings. The lowest BCUT2D eigenvalue weighted by atomic mass is 9.93. The van der Waals surface area contributed by atoms with Crippen molar-refractivity contribution in [1.82, 2.24) is 0 Å². The average molecular weight is 597 g/mol. The largest absolute Gasteiger partial charge is 0.143 e. The third kappa shape index (κ3) is 4.52. The molecule has 0 aliphatic carbocycles. The maximum atomic E-state index is 2.40. The van der Waals surface area contributed by atoms with Gasteiger partial charge >= 0.3 is 0 Å². The highest BCUT2D eigenvalue weighted by Crippen LogP contribution is 2.55. The fourth-order valence-electron chi connectivity index (χ4n) is 6.50. The van der Waals surface area contributed by atoms with Gasteiger partial charge in [-0.15, -0.1) is 45.3 Å². The van der Waals surface area contributed by atoms with E-state index >= 15 is 0 Å². The van der Waals surface area contributed by atoms with Crippen LogP contribution in [0.5, 0.6) is 0 Å². The van der Waals surface area contributed by atoms with Crippen molar-refractivity contribution in [1.29, 1.82) is 0 Å². The summed E-state index contributed by atoms with van der Waals surface area (Å²) in [5.74, 6) is 0. The quantitative estimate of drug-likeness (QED) is 0.0972. The molecule has 0 unspecified atom stereocenters. The number of fused-ring (bicyclic) bond motifs is 2. The first kappa shape index (κ1) is 26.6. The summed E-state index contributed by atoms with van der Waals surface area (Å²) in [6, 6.07) is 18.9. The zero-order chi connectivity index (χ0) is 27.1. The van der Waals surface area contributed by atoms with E-state index in [2.05, 4.69) is 73.1 Å². The van der Waals surface area contributed by atoms with Gasteiger partial charge in [0.05, 0.1) is 9.75 Å². The van der Waals surface area contributed by atoms with Gasteiger partial charge in [0.2, 0.25) is 0 Å². The van der Waals surface area contributed by atoms with Crippen LogP contribution in [0.2, 0.25) is 0 Å². The molecule has 4 heterocycles. The maximum Gasteiger partial charge on any atom is 0.0536 e. The van der Waals surface area contributed by atoms with E-state index in [9.17, 15) is 0 Å². The fraction of sp³-hybridized carbons (Fsp3) is 0.333. The molecule has 0 fully saturated rings. The molecule has 204 valence electrons. The van der Waals surface area contributed by atoms with E-state index in [1.54, 1.807) is 11.1 Å². The molecular formula is C36H36S4. The van der Waals surface area contributed by atoms with E-state index in [0.29, 0.717) is 0 Å². The van der Waals surface area contributed by atoms with E-state index in [4.69, 9.17) is 0 Å². The molecule has 0 N–H and O–H groups in total. The number of benzene rings is 3. The van der Waals surface area contributed by atoms with Crippen LogP contribution in [0.15, 0.2) is 59.3 Å². The molecule has 0 radical (unpaired) electrons. The molecule has 4 aromatic heterocycles. The molecule has 0 aliphatic heterocycles. The number of hydrogen-bond acceptors (Lipinski definition) is 4. The lowest BCUT2D eigenvalue weighted by Crippen LogP contribution is -1.87. The first-order valence-electron chi connectivity index (χ1n) is 15.0. The van der Waals surface area contributed by atoms with Gasteiger partial charge in [0.1, 0.15) is 0 Å². The van der Waals surface area contributed by atoms with E-state index in [1.165, 1.54) is 125 Å². The molecule has 0 nitrogen and oxygen atoms in total. The van der Waals surface area contributed by atoms with Crippen molar-refractivity contribution >= 4 is 87.1 Å². The maximum absolute atomic E-state index is 2.40. The van der Waals surface area contributed by atoms with Gasteiger partial charge in [-0.05, 0) is 82.6 Å². The Labute approximate surface area is 253 Å². The third-order valence-electron chi connectivity index (χ3n) is 8.47. The highest BCUT2D eigenvalue weighted by Gasteiger charge is 2.25. The molecule has 4 heteroatoms. The second kappa shape index (κ2) is 11.6. The summed E-state index contributed by atoms with van der Waals surface area (Å²) in [5.41, 5.74) is 3.08. The van der Waals surface area contributed by atoms with Gasteiger partial charge in [-0.3, -0.25) is 0 Å². The summed E-state index contributed by atoms with van der Waals surface area (Å²) in [5, 5.41) is 13.5. The van der Waals surface area contributed by atoms with E-state index in [1.807, 2.05) is 45.3 Å². The van der Waals surface area contributed by atoms with Crippen LogP contribution >= 0.6 is 45.3 Å². The van der Waals surface area contributed by atoms with Crippen LogP contribution in [0.3, 0.4) is 0 Å². The van der Waals surface area contributed by atoms with Gasteiger partial charge in [0.25, 0.3) is 0 Å². The lowest BCUT2D eigenvalue weighted by Gasteiger charge is -2.10. The minimum atomic E-state index is 1.19. The van der Waals surface area contributed by atoms with Crippen LogP contribution in [0.1, 0.15) is 76.3 Å². The van der Waals surface area contributed by atoms with Crippen LogP contribution in [0.4, 0.5) is 0 Å². The molecule has 0 atom stereocenters. The molecule has 3 aromatic carbocycles. The molecule has 7 rings (SSSR count). The smallest absolute Gasteiger partial charge is 0.0536 e. The molecule has 0 saturated heterocycles. The summed E-state index contributed by atoms with van der Waals surface area (Å²) >= 11 is 7.92. The lowest BCUT2D eigenvalue weighted by molar-refractivity contribution is 0.668. The van der Waals surface area contributed by atoms with Crippen LogP contribution in [-0.2, 0) is 12.8 Å². The van der Waals surface area contributed by atoms with E-state index in [0.717, 1.165) is 0 Å². The molecule has 40 heavy (non-hydrogen) atoms. The Morgan fingerprint density at radius 3 is 1.40 bits per heavy atom. The van der Waals surface area contributed by atoms with Gasteiger partial charge in [-0.1, -0.05) is 76.6 Å². The normalized spacial score (nSPS) is 12.2. The number of rotatable bonds is 12. The van der Waals surface area contributed by atoms with Gasteiger partial charge < -0.3 is 0 Å².